The maximum Gasteiger partial charge on any atom is 0.165 e. The predicted octanol–water partition coefficient (Wildman–Crippen LogP) is 2.68. The van der Waals surface area contributed by atoms with Gasteiger partial charge in [-0.25, -0.2) is 9.37 Å². The molecule has 1 aromatic heterocycles. The molecule has 0 spiro atoms. The Kier molecular flexibility index (Phi) is 3.71. The fraction of sp³-hybridized carbons (Fsp3) is 0.250. The summed E-state index contributed by atoms with van der Waals surface area (Å²) in [7, 11) is 3.34. The molecular formula is C12H13FN2OS. The number of rotatable bonds is 4. The first kappa shape index (κ1) is 12.0. The normalized spacial score (nSPS) is 10.5. The molecule has 0 aliphatic carbocycles. The standard InChI is InChI=1S/C12H13FN2OS/c1-14-6-9-7-15-12(17-9)8-3-4-10(13)11(5-8)16-2/h3-5,7,14H,6H2,1-2H3. The summed E-state index contributed by atoms with van der Waals surface area (Å²) < 4.78 is 18.2. The molecule has 0 saturated heterocycles. The number of hydrogen-bond acceptors (Lipinski definition) is 4. The summed E-state index contributed by atoms with van der Waals surface area (Å²) in [6, 6.07) is 4.77. The highest BCUT2D eigenvalue weighted by Gasteiger charge is 2.08. The maximum atomic E-state index is 13.3. The van der Waals surface area contributed by atoms with Gasteiger partial charge in [0.1, 0.15) is 5.01 Å². The Balaban J connectivity index is 2.32. The minimum Gasteiger partial charge on any atom is -0.494 e. The Hall–Kier alpha value is -1.46. The molecule has 1 heterocycles. The third-order valence-corrected chi connectivity index (χ3v) is 3.35. The van der Waals surface area contributed by atoms with Gasteiger partial charge in [0.2, 0.25) is 0 Å². The highest BCUT2D eigenvalue weighted by Crippen LogP contribution is 2.29. The Morgan fingerprint density at radius 3 is 3.00 bits per heavy atom. The van der Waals surface area contributed by atoms with E-state index in [1.807, 2.05) is 13.2 Å². The largest absolute Gasteiger partial charge is 0.494 e. The number of thiazole rings is 1. The quantitative estimate of drug-likeness (QED) is 0.908. The molecule has 90 valence electrons. The summed E-state index contributed by atoms with van der Waals surface area (Å²) in [6.45, 7) is 0.788. The molecule has 0 radical (unpaired) electrons. The van der Waals surface area contributed by atoms with Gasteiger partial charge in [0.05, 0.1) is 7.11 Å². The molecule has 1 N–H and O–H groups in total. The van der Waals surface area contributed by atoms with Crippen LogP contribution in [0, 0.1) is 5.82 Å². The molecule has 17 heavy (non-hydrogen) atoms. The molecule has 0 amide bonds. The predicted molar refractivity (Wildman–Crippen MR) is 66.8 cm³/mol. The van der Waals surface area contributed by atoms with Crippen LogP contribution in [0.25, 0.3) is 10.6 Å². The van der Waals surface area contributed by atoms with Crippen LogP contribution in [-0.4, -0.2) is 19.1 Å². The Morgan fingerprint density at radius 2 is 2.29 bits per heavy atom. The van der Waals surface area contributed by atoms with E-state index in [1.54, 1.807) is 23.5 Å². The first-order chi connectivity index (χ1) is 8.24. The van der Waals surface area contributed by atoms with Crippen molar-refractivity contribution in [3.8, 4) is 16.3 Å². The van der Waals surface area contributed by atoms with Crippen molar-refractivity contribution in [2.24, 2.45) is 0 Å². The number of ether oxygens (including phenoxy) is 1. The van der Waals surface area contributed by atoms with Crippen molar-refractivity contribution in [3.63, 3.8) is 0 Å². The van der Waals surface area contributed by atoms with E-state index < -0.39 is 0 Å². The van der Waals surface area contributed by atoms with E-state index in [1.165, 1.54) is 13.2 Å². The Bertz CT molecular complexity index is 513. The minimum atomic E-state index is -0.358. The summed E-state index contributed by atoms with van der Waals surface area (Å²) in [4.78, 5) is 5.45. The molecule has 0 atom stereocenters. The second-order valence-corrected chi connectivity index (χ2v) is 4.63. The number of benzene rings is 1. The van der Waals surface area contributed by atoms with E-state index >= 15 is 0 Å². The van der Waals surface area contributed by atoms with E-state index in [0.717, 1.165) is 22.0 Å². The van der Waals surface area contributed by atoms with Gasteiger partial charge in [0, 0.05) is 23.2 Å². The second-order valence-electron chi connectivity index (χ2n) is 3.51. The van der Waals surface area contributed by atoms with Crippen molar-refractivity contribution in [1.29, 1.82) is 0 Å². The SMILES string of the molecule is CNCc1cnc(-c2ccc(F)c(OC)c2)s1. The van der Waals surface area contributed by atoms with Crippen LogP contribution >= 0.6 is 11.3 Å². The van der Waals surface area contributed by atoms with Crippen molar-refractivity contribution in [3.05, 3.63) is 35.1 Å². The van der Waals surface area contributed by atoms with Crippen LogP contribution in [0.2, 0.25) is 0 Å². The van der Waals surface area contributed by atoms with Gasteiger partial charge >= 0.3 is 0 Å². The van der Waals surface area contributed by atoms with Gasteiger partial charge in [-0.05, 0) is 25.2 Å². The van der Waals surface area contributed by atoms with E-state index in [-0.39, 0.29) is 11.6 Å². The van der Waals surface area contributed by atoms with Gasteiger partial charge in [-0.2, -0.15) is 0 Å². The first-order valence-electron chi connectivity index (χ1n) is 5.18. The summed E-state index contributed by atoms with van der Waals surface area (Å²) in [5, 5.41) is 3.94. The van der Waals surface area contributed by atoms with Crippen LogP contribution in [0.3, 0.4) is 0 Å². The van der Waals surface area contributed by atoms with E-state index in [9.17, 15) is 4.39 Å². The molecule has 2 aromatic rings. The average Bonchev–Trinajstić information content (AvgIpc) is 2.79. The lowest BCUT2D eigenvalue weighted by Gasteiger charge is -2.03. The van der Waals surface area contributed by atoms with E-state index in [2.05, 4.69) is 10.3 Å². The summed E-state index contributed by atoms with van der Waals surface area (Å²) >= 11 is 1.58. The van der Waals surface area contributed by atoms with Gasteiger partial charge < -0.3 is 10.1 Å². The molecule has 3 nitrogen and oxygen atoms in total. The van der Waals surface area contributed by atoms with Crippen molar-refractivity contribution in [1.82, 2.24) is 10.3 Å². The minimum absolute atomic E-state index is 0.243. The first-order valence-corrected chi connectivity index (χ1v) is 5.99. The lowest BCUT2D eigenvalue weighted by atomic mass is 10.2. The van der Waals surface area contributed by atoms with Gasteiger partial charge in [-0.1, -0.05) is 0 Å². The van der Waals surface area contributed by atoms with Gasteiger partial charge in [-0.15, -0.1) is 11.3 Å². The Morgan fingerprint density at radius 1 is 1.47 bits per heavy atom. The molecule has 1 aromatic carbocycles. The maximum absolute atomic E-state index is 13.3. The summed E-state index contributed by atoms with van der Waals surface area (Å²) in [5.74, 6) is -0.115. The zero-order valence-electron chi connectivity index (χ0n) is 9.66. The van der Waals surface area contributed by atoms with Crippen molar-refractivity contribution in [2.45, 2.75) is 6.54 Å². The van der Waals surface area contributed by atoms with Crippen LogP contribution in [0.15, 0.2) is 24.4 Å². The molecule has 0 unspecified atom stereocenters. The molecule has 0 bridgehead atoms. The number of halogens is 1. The van der Waals surface area contributed by atoms with Crippen molar-refractivity contribution in [2.75, 3.05) is 14.2 Å². The highest BCUT2D eigenvalue weighted by molar-refractivity contribution is 7.15. The number of methoxy groups -OCH3 is 1. The van der Waals surface area contributed by atoms with E-state index in [0.29, 0.717) is 0 Å². The monoisotopic (exact) mass is 252 g/mol. The fourth-order valence-corrected chi connectivity index (χ4v) is 2.41. The molecule has 0 aliphatic rings. The van der Waals surface area contributed by atoms with Crippen molar-refractivity contribution < 1.29 is 9.13 Å². The third-order valence-electron chi connectivity index (χ3n) is 2.30. The Labute approximate surface area is 103 Å². The smallest absolute Gasteiger partial charge is 0.165 e. The third kappa shape index (κ3) is 2.62. The fourth-order valence-electron chi connectivity index (χ4n) is 1.49. The van der Waals surface area contributed by atoms with Gasteiger partial charge in [-0.3, -0.25) is 0 Å². The molecule has 2 rings (SSSR count). The zero-order chi connectivity index (χ0) is 12.3. The zero-order valence-corrected chi connectivity index (χ0v) is 10.5. The topological polar surface area (TPSA) is 34.2 Å². The van der Waals surface area contributed by atoms with Gasteiger partial charge in [0.25, 0.3) is 0 Å². The number of nitrogens with one attached hydrogen (secondary N) is 1. The second kappa shape index (κ2) is 5.25. The molecular weight excluding hydrogens is 239 g/mol. The lowest BCUT2D eigenvalue weighted by molar-refractivity contribution is 0.387. The number of aromatic nitrogens is 1. The molecule has 0 fully saturated rings. The van der Waals surface area contributed by atoms with Crippen molar-refractivity contribution >= 4 is 11.3 Å². The molecule has 0 saturated carbocycles. The average molecular weight is 252 g/mol. The summed E-state index contributed by atoms with van der Waals surface area (Å²) in [6.07, 6.45) is 1.83. The molecule has 0 aliphatic heterocycles. The van der Waals surface area contributed by atoms with Crippen LogP contribution < -0.4 is 10.1 Å². The summed E-state index contributed by atoms with van der Waals surface area (Å²) in [5.41, 5.74) is 0.871. The highest BCUT2D eigenvalue weighted by atomic mass is 32.1. The van der Waals surface area contributed by atoms with Gasteiger partial charge in [0.15, 0.2) is 11.6 Å². The van der Waals surface area contributed by atoms with E-state index in [4.69, 9.17) is 4.74 Å². The van der Waals surface area contributed by atoms with Crippen LogP contribution in [0.1, 0.15) is 4.88 Å². The molecule has 5 heteroatoms. The number of nitrogens with zero attached hydrogens (tertiary/aromatic N) is 1. The van der Waals surface area contributed by atoms with Crippen LogP contribution in [-0.2, 0) is 6.54 Å². The lowest BCUT2D eigenvalue weighted by Crippen LogP contribution is -2.02. The van der Waals surface area contributed by atoms with Crippen LogP contribution in [0.4, 0.5) is 4.39 Å². The van der Waals surface area contributed by atoms with Crippen LogP contribution in [0.5, 0.6) is 5.75 Å². The number of hydrogen-bond donors (Lipinski definition) is 1.